The molecule has 2 unspecified atom stereocenters. The van der Waals surface area contributed by atoms with Gasteiger partial charge in [-0.1, -0.05) is 26.3 Å². The van der Waals surface area contributed by atoms with Gasteiger partial charge in [0.2, 0.25) is 0 Å². The van der Waals surface area contributed by atoms with Crippen LogP contribution in [0.2, 0.25) is 0 Å². The van der Waals surface area contributed by atoms with E-state index in [2.05, 4.69) is 20.8 Å². The number of aliphatic hydroxyl groups is 2. The van der Waals surface area contributed by atoms with Crippen molar-refractivity contribution in [2.75, 3.05) is 0 Å². The monoisotopic (exact) mass is 332 g/mol. The molecule has 0 aromatic rings. The van der Waals surface area contributed by atoms with Gasteiger partial charge in [-0.3, -0.25) is 4.79 Å². The number of allylic oxidation sites excluding steroid dienone is 1. The van der Waals surface area contributed by atoms with Gasteiger partial charge in [0.15, 0.2) is 5.78 Å². The van der Waals surface area contributed by atoms with Crippen LogP contribution < -0.4 is 0 Å². The summed E-state index contributed by atoms with van der Waals surface area (Å²) in [5.74, 6) is 2.02. The number of hydrogen-bond acceptors (Lipinski definition) is 3. The highest BCUT2D eigenvalue weighted by molar-refractivity contribution is 5.95. The predicted molar refractivity (Wildman–Crippen MR) is 93.3 cm³/mol. The van der Waals surface area contributed by atoms with Crippen molar-refractivity contribution < 1.29 is 15.0 Å². The second-order valence-electron chi connectivity index (χ2n) is 9.92. The van der Waals surface area contributed by atoms with Gasteiger partial charge in [0.05, 0.1) is 5.60 Å². The Labute approximate surface area is 145 Å². The number of carbonyl (C=O) groups excluding carboxylic acids is 1. The lowest BCUT2D eigenvalue weighted by Gasteiger charge is -2.60. The van der Waals surface area contributed by atoms with Gasteiger partial charge < -0.3 is 10.2 Å². The van der Waals surface area contributed by atoms with E-state index in [0.29, 0.717) is 30.1 Å². The molecule has 0 aromatic carbocycles. The lowest BCUT2D eigenvalue weighted by molar-refractivity contribution is -0.136. The molecule has 24 heavy (non-hydrogen) atoms. The van der Waals surface area contributed by atoms with Gasteiger partial charge in [0, 0.05) is 0 Å². The van der Waals surface area contributed by atoms with Crippen molar-refractivity contribution in [3.8, 4) is 0 Å². The largest absolute Gasteiger partial charge is 0.390 e. The highest BCUT2D eigenvalue weighted by Gasteiger charge is 2.63. The smallest absolute Gasteiger partial charge is 0.184 e. The summed E-state index contributed by atoms with van der Waals surface area (Å²) < 4.78 is 0. The van der Waals surface area contributed by atoms with Crippen LogP contribution in [0.4, 0.5) is 0 Å². The van der Waals surface area contributed by atoms with Gasteiger partial charge >= 0.3 is 0 Å². The van der Waals surface area contributed by atoms with Crippen molar-refractivity contribution >= 4 is 5.78 Å². The summed E-state index contributed by atoms with van der Waals surface area (Å²) in [7, 11) is 0. The first kappa shape index (κ1) is 16.8. The fourth-order valence-corrected chi connectivity index (χ4v) is 7.29. The molecule has 2 N–H and O–H groups in total. The van der Waals surface area contributed by atoms with Crippen LogP contribution in [0, 0.1) is 34.5 Å². The Balaban J connectivity index is 1.74. The lowest BCUT2D eigenvalue weighted by Crippen LogP contribution is -2.56. The summed E-state index contributed by atoms with van der Waals surface area (Å²) in [6, 6.07) is 0. The normalized spacial score (nSPS) is 57.0. The van der Waals surface area contributed by atoms with E-state index in [-0.39, 0.29) is 16.6 Å². The van der Waals surface area contributed by atoms with Gasteiger partial charge in [-0.15, -0.1) is 0 Å². The standard InChI is InChI=1S/C21H32O3/c1-12-9-13-14(19(2)11-18(23)17(22)10-16(12)19)5-7-20(3)15(13)6-8-21(20,4)24/h10,12-15,18,23-24H,5-9,11H2,1-4H3/t12?,13-,14+,15+,18?,19-,20+,21+/m1/s1. The van der Waals surface area contributed by atoms with Gasteiger partial charge in [0.1, 0.15) is 6.10 Å². The Hall–Kier alpha value is -0.670. The summed E-state index contributed by atoms with van der Waals surface area (Å²) in [6.45, 7) is 8.88. The second kappa shape index (κ2) is 4.94. The molecule has 4 aliphatic carbocycles. The Morgan fingerprint density at radius 2 is 1.79 bits per heavy atom. The molecule has 4 aliphatic rings. The highest BCUT2D eigenvalue weighted by atomic mass is 16.3. The van der Waals surface area contributed by atoms with Crippen molar-refractivity contribution in [3.63, 3.8) is 0 Å². The SMILES string of the molecule is CC1C[C@@H]2[C@H](CC[C@@]3(C)[C@H]2CC[C@]3(C)O)[C@@]2(C)CC(O)C(=O)C=C12. The first-order valence-corrected chi connectivity index (χ1v) is 9.76. The average molecular weight is 332 g/mol. The van der Waals surface area contributed by atoms with E-state index in [1.54, 1.807) is 6.08 Å². The van der Waals surface area contributed by atoms with Crippen LogP contribution in [0.25, 0.3) is 0 Å². The van der Waals surface area contributed by atoms with E-state index >= 15 is 0 Å². The maximum absolute atomic E-state index is 12.1. The molecule has 3 saturated carbocycles. The van der Waals surface area contributed by atoms with Crippen molar-refractivity contribution in [2.45, 2.75) is 77.9 Å². The molecule has 0 amide bonds. The molecule has 3 heteroatoms. The molecule has 0 bridgehead atoms. The zero-order chi connectivity index (χ0) is 17.5. The minimum absolute atomic E-state index is 0.0224. The minimum atomic E-state index is -0.829. The van der Waals surface area contributed by atoms with Crippen molar-refractivity contribution in [3.05, 3.63) is 11.6 Å². The summed E-state index contributed by atoms with van der Waals surface area (Å²) >= 11 is 0. The zero-order valence-corrected chi connectivity index (χ0v) is 15.5. The third-order valence-corrected chi connectivity index (χ3v) is 8.88. The Bertz CT molecular complexity index is 606. The fourth-order valence-electron chi connectivity index (χ4n) is 7.29. The van der Waals surface area contributed by atoms with E-state index in [1.165, 1.54) is 5.57 Å². The van der Waals surface area contributed by atoms with Crippen LogP contribution in [0.1, 0.15) is 66.2 Å². The molecule has 3 nitrogen and oxygen atoms in total. The summed E-state index contributed by atoms with van der Waals surface area (Å²) in [5.41, 5.74) is 0.706. The first-order chi connectivity index (χ1) is 11.1. The quantitative estimate of drug-likeness (QED) is 0.714. The maximum atomic E-state index is 12.1. The Morgan fingerprint density at radius 1 is 1.12 bits per heavy atom. The van der Waals surface area contributed by atoms with Crippen LogP contribution >= 0.6 is 0 Å². The highest BCUT2D eigenvalue weighted by Crippen LogP contribution is 2.68. The third kappa shape index (κ3) is 1.94. The molecule has 0 aromatic heterocycles. The molecule has 3 fully saturated rings. The number of aliphatic hydroxyl groups excluding tert-OH is 1. The van der Waals surface area contributed by atoms with Crippen molar-refractivity contribution in [1.29, 1.82) is 0 Å². The third-order valence-electron chi connectivity index (χ3n) is 8.88. The van der Waals surface area contributed by atoms with Crippen LogP contribution in [-0.2, 0) is 4.79 Å². The predicted octanol–water partition coefficient (Wildman–Crippen LogP) is 3.49. The topological polar surface area (TPSA) is 57.5 Å². The lowest BCUT2D eigenvalue weighted by atomic mass is 9.45. The van der Waals surface area contributed by atoms with Crippen LogP contribution in [0.5, 0.6) is 0 Å². The number of hydrogen-bond donors (Lipinski definition) is 2. The van der Waals surface area contributed by atoms with E-state index in [4.69, 9.17) is 0 Å². The molecule has 0 saturated heterocycles. The second-order valence-corrected chi connectivity index (χ2v) is 9.92. The molecular formula is C21H32O3. The minimum Gasteiger partial charge on any atom is -0.390 e. The van der Waals surface area contributed by atoms with Gasteiger partial charge in [-0.25, -0.2) is 0 Å². The fraction of sp³-hybridized carbons (Fsp3) is 0.857. The molecule has 4 rings (SSSR count). The number of ketones is 1. The van der Waals surface area contributed by atoms with Crippen molar-refractivity contribution in [1.82, 2.24) is 0 Å². The number of rotatable bonds is 0. The van der Waals surface area contributed by atoms with Crippen LogP contribution in [-0.4, -0.2) is 27.7 Å². The summed E-state index contributed by atoms with van der Waals surface area (Å²) in [5, 5.41) is 21.2. The van der Waals surface area contributed by atoms with Gasteiger partial charge in [0.25, 0.3) is 0 Å². The average Bonchev–Trinajstić information content (AvgIpc) is 2.73. The Kier molecular flexibility index (Phi) is 3.46. The van der Waals surface area contributed by atoms with E-state index in [0.717, 1.165) is 32.1 Å². The van der Waals surface area contributed by atoms with Gasteiger partial charge in [-0.05, 0) is 86.0 Å². The maximum Gasteiger partial charge on any atom is 0.184 e. The Morgan fingerprint density at radius 3 is 2.50 bits per heavy atom. The molecule has 134 valence electrons. The van der Waals surface area contributed by atoms with Crippen molar-refractivity contribution in [2.24, 2.45) is 34.5 Å². The summed E-state index contributed by atoms with van der Waals surface area (Å²) in [6.07, 6.45) is 6.86. The van der Waals surface area contributed by atoms with Gasteiger partial charge in [-0.2, -0.15) is 0 Å². The first-order valence-electron chi connectivity index (χ1n) is 9.76. The molecule has 0 heterocycles. The number of carbonyl (C=O) groups is 1. The zero-order valence-electron chi connectivity index (χ0n) is 15.5. The summed E-state index contributed by atoms with van der Waals surface area (Å²) in [4.78, 5) is 12.1. The molecular weight excluding hydrogens is 300 g/mol. The number of fused-ring (bicyclic) bond motifs is 5. The molecule has 0 spiro atoms. The molecule has 0 aliphatic heterocycles. The van der Waals surface area contributed by atoms with Crippen LogP contribution in [0.15, 0.2) is 11.6 Å². The van der Waals surface area contributed by atoms with E-state index in [1.807, 2.05) is 6.92 Å². The van der Waals surface area contributed by atoms with Crippen LogP contribution in [0.3, 0.4) is 0 Å². The van der Waals surface area contributed by atoms with E-state index in [9.17, 15) is 15.0 Å². The van der Waals surface area contributed by atoms with E-state index < -0.39 is 11.7 Å². The molecule has 8 atom stereocenters. The molecule has 0 radical (unpaired) electrons.